The Labute approximate surface area is 110 Å². The molecule has 1 saturated heterocycles. The average Bonchev–Trinajstić information content (AvgIpc) is 2.37. The van der Waals surface area contributed by atoms with Crippen LogP contribution in [0, 0.1) is 0 Å². The molecule has 3 nitrogen and oxygen atoms in total. The minimum atomic E-state index is -0.559. The van der Waals surface area contributed by atoms with Crippen LogP contribution in [-0.4, -0.2) is 23.8 Å². The van der Waals surface area contributed by atoms with Crippen molar-refractivity contribution in [3.63, 3.8) is 0 Å². The van der Waals surface area contributed by atoms with Gasteiger partial charge in [-0.3, -0.25) is 0 Å². The molecule has 2 atom stereocenters. The van der Waals surface area contributed by atoms with Crippen LogP contribution in [0.4, 0.5) is 5.69 Å². The number of piperidine rings is 1. The number of hydrogen-bond acceptors (Lipinski definition) is 3. The lowest BCUT2D eigenvalue weighted by atomic mass is 9.94. The fourth-order valence-corrected chi connectivity index (χ4v) is 2.61. The van der Waals surface area contributed by atoms with Crippen LogP contribution >= 0.6 is 0 Å². The van der Waals surface area contributed by atoms with E-state index in [1.54, 1.807) is 0 Å². The van der Waals surface area contributed by atoms with Gasteiger partial charge in [0.1, 0.15) is 0 Å². The smallest absolute Gasteiger partial charge is 0.0794 e. The van der Waals surface area contributed by atoms with Gasteiger partial charge < -0.3 is 15.7 Å². The van der Waals surface area contributed by atoms with Gasteiger partial charge in [-0.05, 0) is 43.9 Å². The largest absolute Gasteiger partial charge is 0.388 e. The summed E-state index contributed by atoms with van der Waals surface area (Å²) in [7, 11) is 0. The first-order valence-corrected chi connectivity index (χ1v) is 6.85. The van der Waals surface area contributed by atoms with Gasteiger partial charge in [0.25, 0.3) is 0 Å². The molecule has 1 aliphatic heterocycles. The van der Waals surface area contributed by atoms with Crippen molar-refractivity contribution in [1.29, 1.82) is 0 Å². The van der Waals surface area contributed by atoms with Crippen LogP contribution in [0.25, 0.3) is 0 Å². The number of aliphatic hydroxyl groups is 1. The lowest BCUT2D eigenvalue weighted by molar-refractivity contribution is 0.0449. The zero-order valence-electron chi connectivity index (χ0n) is 11.4. The highest BCUT2D eigenvalue weighted by Crippen LogP contribution is 2.26. The van der Waals surface area contributed by atoms with Gasteiger partial charge in [0.05, 0.1) is 5.60 Å². The van der Waals surface area contributed by atoms with Crippen LogP contribution in [-0.2, 0) is 0 Å². The molecule has 1 aliphatic rings. The van der Waals surface area contributed by atoms with Gasteiger partial charge >= 0.3 is 0 Å². The van der Waals surface area contributed by atoms with Crippen molar-refractivity contribution in [1.82, 2.24) is 0 Å². The van der Waals surface area contributed by atoms with Crippen LogP contribution in [0.3, 0.4) is 0 Å². The van der Waals surface area contributed by atoms with Crippen molar-refractivity contribution in [3.8, 4) is 0 Å². The lowest BCUT2D eigenvalue weighted by Gasteiger charge is -2.38. The van der Waals surface area contributed by atoms with Crippen molar-refractivity contribution in [2.24, 2.45) is 5.73 Å². The molecule has 0 bridgehead atoms. The zero-order valence-corrected chi connectivity index (χ0v) is 11.4. The van der Waals surface area contributed by atoms with Gasteiger partial charge in [-0.2, -0.15) is 0 Å². The molecule has 18 heavy (non-hydrogen) atoms. The standard InChI is InChI=1S/C15H24N2O/c1-3-14(16)12-5-7-13(8-6-12)17-10-4-9-15(2,18)11-17/h5-8,14,18H,3-4,9-11,16H2,1-2H3/t14-,15?/m0/s1. The molecule has 1 aromatic rings. The highest BCUT2D eigenvalue weighted by atomic mass is 16.3. The van der Waals surface area contributed by atoms with Gasteiger partial charge in [-0.15, -0.1) is 0 Å². The summed E-state index contributed by atoms with van der Waals surface area (Å²) < 4.78 is 0. The van der Waals surface area contributed by atoms with Crippen molar-refractivity contribution in [2.75, 3.05) is 18.0 Å². The second kappa shape index (κ2) is 5.29. The van der Waals surface area contributed by atoms with Crippen LogP contribution in [0.2, 0.25) is 0 Å². The summed E-state index contributed by atoms with van der Waals surface area (Å²) in [5, 5.41) is 10.1. The number of anilines is 1. The SMILES string of the molecule is CC[C@H](N)c1ccc(N2CCCC(C)(O)C2)cc1. The van der Waals surface area contributed by atoms with Crippen LogP contribution in [0.5, 0.6) is 0 Å². The molecular formula is C15H24N2O. The van der Waals surface area contributed by atoms with E-state index in [9.17, 15) is 5.11 Å². The Morgan fingerprint density at radius 1 is 1.39 bits per heavy atom. The molecule has 100 valence electrons. The van der Waals surface area contributed by atoms with Gasteiger partial charge in [-0.25, -0.2) is 0 Å². The molecule has 1 fully saturated rings. The van der Waals surface area contributed by atoms with E-state index in [1.807, 2.05) is 6.92 Å². The first-order chi connectivity index (χ1) is 8.52. The molecule has 1 aromatic carbocycles. The third kappa shape index (κ3) is 3.03. The van der Waals surface area contributed by atoms with Crippen molar-refractivity contribution in [2.45, 2.75) is 44.8 Å². The summed E-state index contributed by atoms with van der Waals surface area (Å²) in [6.07, 6.45) is 2.89. The van der Waals surface area contributed by atoms with Gasteiger partial charge in [0.2, 0.25) is 0 Å². The minimum absolute atomic E-state index is 0.128. The number of nitrogens with zero attached hydrogens (tertiary/aromatic N) is 1. The maximum atomic E-state index is 10.1. The summed E-state index contributed by atoms with van der Waals surface area (Å²) in [6, 6.07) is 8.57. The monoisotopic (exact) mass is 248 g/mol. The maximum absolute atomic E-state index is 10.1. The highest BCUT2D eigenvalue weighted by Gasteiger charge is 2.28. The van der Waals surface area contributed by atoms with Gasteiger partial charge in [0, 0.05) is 24.8 Å². The summed E-state index contributed by atoms with van der Waals surface area (Å²) in [5.74, 6) is 0. The topological polar surface area (TPSA) is 49.5 Å². The molecule has 2 rings (SSSR count). The number of benzene rings is 1. The number of nitrogens with two attached hydrogens (primary N) is 1. The Hall–Kier alpha value is -1.06. The molecule has 0 aliphatic carbocycles. The van der Waals surface area contributed by atoms with E-state index in [0.717, 1.165) is 25.8 Å². The van der Waals surface area contributed by atoms with Crippen molar-refractivity contribution >= 4 is 5.69 Å². The molecule has 0 aromatic heterocycles. The minimum Gasteiger partial charge on any atom is -0.388 e. The first kappa shape index (κ1) is 13.4. The maximum Gasteiger partial charge on any atom is 0.0794 e. The molecule has 3 heteroatoms. The van der Waals surface area contributed by atoms with Crippen molar-refractivity contribution in [3.05, 3.63) is 29.8 Å². The predicted molar refractivity (Wildman–Crippen MR) is 75.7 cm³/mol. The third-order valence-corrected chi connectivity index (χ3v) is 3.80. The lowest BCUT2D eigenvalue weighted by Crippen LogP contribution is -2.46. The summed E-state index contributed by atoms with van der Waals surface area (Å²) in [5.41, 5.74) is 7.82. The quantitative estimate of drug-likeness (QED) is 0.864. The van der Waals surface area contributed by atoms with E-state index in [0.29, 0.717) is 6.54 Å². The molecule has 0 radical (unpaired) electrons. The summed E-state index contributed by atoms with van der Waals surface area (Å²) in [4.78, 5) is 2.25. The molecule has 1 unspecified atom stereocenters. The molecule has 0 amide bonds. The van der Waals surface area contributed by atoms with Crippen molar-refractivity contribution < 1.29 is 5.11 Å². The number of hydrogen-bond donors (Lipinski definition) is 2. The fourth-order valence-electron chi connectivity index (χ4n) is 2.61. The Morgan fingerprint density at radius 2 is 2.06 bits per heavy atom. The summed E-state index contributed by atoms with van der Waals surface area (Å²) in [6.45, 7) is 5.75. The molecular weight excluding hydrogens is 224 g/mol. The van der Waals surface area contributed by atoms with Gasteiger partial charge in [-0.1, -0.05) is 19.1 Å². The number of rotatable bonds is 3. The Kier molecular flexibility index (Phi) is 3.93. The first-order valence-electron chi connectivity index (χ1n) is 6.85. The molecule has 0 spiro atoms. The Bertz CT molecular complexity index is 386. The molecule has 3 N–H and O–H groups in total. The van der Waals surface area contributed by atoms with Crippen LogP contribution in [0.1, 0.15) is 44.7 Å². The molecule has 1 heterocycles. The highest BCUT2D eigenvalue weighted by molar-refractivity contribution is 5.48. The van der Waals surface area contributed by atoms with E-state index in [1.165, 1.54) is 11.3 Å². The molecule has 0 saturated carbocycles. The Balaban J connectivity index is 2.09. The van der Waals surface area contributed by atoms with Gasteiger partial charge in [0.15, 0.2) is 0 Å². The number of β-amino-alcohol motifs (C(OH)–C–C–N with tert-alkyl or cyclic N) is 1. The fraction of sp³-hybridized carbons (Fsp3) is 0.600. The summed E-state index contributed by atoms with van der Waals surface area (Å²) >= 11 is 0. The van der Waals surface area contributed by atoms with E-state index >= 15 is 0 Å². The van der Waals surface area contributed by atoms with Crippen LogP contribution in [0.15, 0.2) is 24.3 Å². The zero-order chi connectivity index (χ0) is 13.2. The van der Waals surface area contributed by atoms with E-state index in [2.05, 4.69) is 36.1 Å². The second-order valence-electron chi connectivity index (χ2n) is 5.63. The normalized spacial score (nSPS) is 26.1. The second-order valence-corrected chi connectivity index (χ2v) is 5.63. The average molecular weight is 248 g/mol. The van der Waals surface area contributed by atoms with Crippen LogP contribution < -0.4 is 10.6 Å². The predicted octanol–water partition coefficient (Wildman–Crippen LogP) is 2.45. The third-order valence-electron chi connectivity index (χ3n) is 3.80. The Morgan fingerprint density at radius 3 is 2.61 bits per heavy atom. The van der Waals surface area contributed by atoms with E-state index in [-0.39, 0.29) is 6.04 Å². The van der Waals surface area contributed by atoms with E-state index in [4.69, 9.17) is 5.73 Å². The van der Waals surface area contributed by atoms with E-state index < -0.39 is 5.60 Å².